The molecule has 2 atom stereocenters. The maximum Gasteiger partial charge on any atom is 0.410 e. The molecule has 7 nitrogen and oxygen atoms in total. The summed E-state index contributed by atoms with van der Waals surface area (Å²) in [5, 5.41) is 4.32. The SMILES string of the molecule is CC(C)N1CCN(C2CCCC(F)(F)C2OC(=O)N2CCC(C)(c3cc(C4CC4)on3)CC2)CC1. The van der Waals surface area contributed by atoms with Gasteiger partial charge in [-0.1, -0.05) is 12.1 Å². The molecule has 2 saturated carbocycles. The molecule has 0 radical (unpaired) electrons. The number of halogens is 2. The monoisotopic (exact) mass is 494 g/mol. The molecule has 0 bridgehead atoms. The zero-order valence-electron chi connectivity index (χ0n) is 21.3. The summed E-state index contributed by atoms with van der Waals surface area (Å²) >= 11 is 0. The molecule has 2 saturated heterocycles. The third-order valence-electron chi connectivity index (χ3n) is 8.80. The number of piperidine rings is 1. The van der Waals surface area contributed by atoms with Crippen LogP contribution in [0.15, 0.2) is 10.6 Å². The minimum atomic E-state index is -3.00. The Hall–Kier alpha value is -1.74. The Kier molecular flexibility index (Phi) is 6.85. The minimum absolute atomic E-state index is 0.180. The van der Waals surface area contributed by atoms with Gasteiger partial charge in [0.05, 0.1) is 11.7 Å². The van der Waals surface area contributed by atoms with Crippen LogP contribution in [0.5, 0.6) is 0 Å². The van der Waals surface area contributed by atoms with Crippen LogP contribution < -0.4 is 0 Å². The summed E-state index contributed by atoms with van der Waals surface area (Å²) in [7, 11) is 0. The molecule has 1 aromatic heterocycles. The lowest BCUT2D eigenvalue weighted by Gasteiger charge is -2.47. The number of piperazine rings is 1. The van der Waals surface area contributed by atoms with Crippen LogP contribution in [-0.2, 0) is 10.2 Å². The van der Waals surface area contributed by atoms with Gasteiger partial charge in [-0.25, -0.2) is 13.6 Å². The Morgan fingerprint density at radius 2 is 1.77 bits per heavy atom. The van der Waals surface area contributed by atoms with E-state index in [0.717, 1.165) is 50.5 Å². The van der Waals surface area contributed by atoms with Crippen LogP contribution in [0.2, 0.25) is 0 Å². The predicted molar refractivity (Wildman–Crippen MR) is 128 cm³/mol. The predicted octanol–water partition coefficient (Wildman–Crippen LogP) is 4.62. The van der Waals surface area contributed by atoms with Crippen molar-refractivity contribution in [2.75, 3.05) is 39.3 Å². The fourth-order valence-electron chi connectivity index (χ4n) is 6.00. The molecule has 2 aliphatic carbocycles. The molecule has 1 aromatic rings. The van der Waals surface area contributed by atoms with Gasteiger partial charge in [0.15, 0.2) is 6.10 Å². The number of carbonyl (C=O) groups is 1. The summed E-state index contributed by atoms with van der Waals surface area (Å²) in [6.45, 7) is 10.6. The van der Waals surface area contributed by atoms with Gasteiger partial charge in [0.25, 0.3) is 5.92 Å². The number of hydrogen-bond acceptors (Lipinski definition) is 6. The quantitative estimate of drug-likeness (QED) is 0.595. The Morgan fingerprint density at radius 3 is 2.40 bits per heavy atom. The van der Waals surface area contributed by atoms with Crippen molar-refractivity contribution in [2.45, 2.75) is 101 Å². The molecule has 0 spiro atoms. The standard InChI is InChI=1S/C26H40F2N4O3/c1-18(2)30-13-15-31(16-14-30)20-5-4-8-26(27,28)23(20)34-24(33)32-11-9-25(3,10-12-32)22-17-21(35-29-22)19-6-7-19/h17-20,23H,4-16H2,1-3H3. The summed E-state index contributed by atoms with van der Waals surface area (Å²) in [6.07, 6.45) is 2.61. The zero-order chi connectivity index (χ0) is 24.8. The topological polar surface area (TPSA) is 62.1 Å². The van der Waals surface area contributed by atoms with Gasteiger partial charge in [-0.3, -0.25) is 9.80 Å². The third kappa shape index (κ3) is 5.22. The van der Waals surface area contributed by atoms with E-state index in [1.807, 2.05) is 0 Å². The van der Waals surface area contributed by atoms with Gasteiger partial charge < -0.3 is 14.2 Å². The molecule has 4 fully saturated rings. The molecule has 4 aliphatic rings. The van der Waals surface area contributed by atoms with E-state index in [2.05, 4.69) is 41.8 Å². The smallest absolute Gasteiger partial charge is 0.410 e. The Labute approximate surface area is 207 Å². The molecule has 5 rings (SSSR count). The van der Waals surface area contributed by atoms with Gasteiger partial charge in [-0.15, -0.1) is 0 Å². The minimum Gasteiger partial charge on any atom is -0.438 e. The van der Waals surface area contributed by atoms with E-state index in [4.69, 9.17) is 9.26 Å². The first-order valence-corrected chi connectivity index (χ1v) is 13.4. The van der Waals surface area contributed by atoms with E-state index in [1.165, 1.54) is 0 Å². The van der Waals surface area contributed by atoms with Crippen LogP contribution in [0, 0.1) is 0 Å². The number of alkyl halides is 2. The molecule has 2 unspecified atom stereocenters. The molecule has 0 N–H and O–H groups in total. The Balaban J connectivity index is 1.20. The molecule has 3 heterocycles. The first-order chi connectivity index (χ1) is 16.7. The number of rotatable bonds is 5. The summed E-state index contributed by atoms with van der Waals surface area (Å²) < 4.78 is 41.3. The van der Waals surface area contributed by atoms with E-state index < -0.39 is 24.2 Å². The molecule has 35 heavy (non-hydrogen) atoms. The summed E-state index contributed by atoms with van der Waals surface area (Å²) in [5.41, 5.74) is 0.757. The number of likely N-dealkylation sites (tertiary alicyclic amines) is 1. The van der Waals surface area contributed by atoms with Crippen LogP contribution in [0.25, 0.3) is 0 Å². The highest BCUT2D eigenvalue weighted by molar-refractivity contribution is 5.68. The van der Waals surface area contributed by atoms with E-state index in [1.54, 1.807) is 4.90 Å². The Bertz CT molecular complexity index is 887. The summed E-state index contributed by atoms with van der Waals surface area (Å²) in [6, 6.07) is 2.08. The highest BCUT2D eigenvalue weighted by atomic mass is 19.3. The second-order valence-electron chi connectivity index (χ2n) is 11.6. The molecule has 9 heteroatoms. The first-order valence-electron chi connectivity index (χ1n) is 13.4. The highest BCUT2D eigenvalue weighted by Gasteiger charge is 2.52. The van der Waals surface area contributed by atoms with Gasteiger partial charge in [0, 0.05) is 69.1 Å². The van der Waals surface area contributed by atoms with Crippen molar-refractivity contribution in [3.05, 3.63) is 17.5 Å². The Morgan fingerprint density at radius 1 is 1.09 bits per heavy atom. The number of carbonyl (C=O) groups excluding carboxylic acids is 1. The second kappa shape index (κ2) is 9.61. The molecular weight excluding hydrogens is 454 g/mol. The average Bonchev–Trinajstić information content (AvgIpc) is 3.56. The normalized spacial score (nSPS) is 29.9. The van der Waals surface area contributed by atoms with Crippen molar-refractivity contribution in [1.29, 1.82) is 0 Å². The molecule has 2 aliphatic heterocycles. The van der Waals surface area contributed by atoms with Crippen LogP contribution in [0.1, 0.15) is 83.1 Å². The summed E-state index contributed by atoms with van der Waals surface area (Å²) in [4.78, 5) is 19.2. The molecule has 0 aromatic carbocycles. The molecule has 196 valence electrons. The highest BCUT2D eigenvalue weighted by Crippen LogP contribution is 2.43. The van der Waals surface area contributed by atoms with Gasteiger partial charge in [0.1, 0.15) is 5.76 Å². The largest absolute Gasteiger partial charge is 0.438 e. The van der Waals surface area contributed by atoms with Gasteiger partial charge in [-0.2, -0.15) is 0 Å². The maximum absolute atomic E-state index is 15.1. The zero-order valence-corrected chi connectivity index (χ0v) is 21.3. The van der Waals surface area contributed by atoms with Crippen LogP contribution in [0.4, 0.5) is 13.6 Å². The van der Waals surface area contributed by atoms with Gasteiger partial charge in [0.2, 0.25) is 0 Å². The van der Waals surface area contributed by atoms with E-state index >= 15 is 8.78 Å². The van der Waals surface area contributed by atoms with Gasteiger partial charge in [-0.05, 0) is 52.4 Å². The number of aromatic nitrogens is 1. The lowest BCUT2D eigenvalue weighted by atomic mass is 9.77. The lowest BCUT2D eigenvalue weighted by Crippen LogP contribution is -2.61. The van der Waals surface area contributed by atoms with Crippen molar-refractivity contribution in [2.24, 2.45) is 0 Å². The van der Waals surface area contributed by atoms with E-state index in [-0.39, 0.29) is 11.8 Å². The lowest BCUT2D eigenvalue weighted by molar-refractivity contribution is -0.170. The number of amides is 1. The van der Waals surface area contributed by atoms with Crippen LogP contribution in [-0.4, -0.2) is 89.3 Å². The van der Waals surface area contributed by atoms with Crippen LogP contribution in [0.3, 0.4) is 0 Å². The maximum atomic E-state index is 15.1. The van der Waals surface area contributed by atoms with Gasteiger partial charge >= 0.3 is 6.09 Å². The van der Waals surface area contributed by atoms with E-state index in [9.17, 15) is 4.79 Å². The van der Waals surface area contributed by atoms with E-state index in [0.29, 0.717) is 50.7 Å². The van der Waals surface area contributed by atoms with Crippen molar-refractivity contribution in [1.82, 2.24) is 19.9 Å². The number of ether oxygens (including phenoxy) is 1. The van der Waals surface area contributed by atoms with Crippen molar-refractivity contribution >= 4 is 6.09 Å². The molecule has 1 amide bonds. The number of nitrogens with zero attached hydrogens (tertiary/aromatic N) is 4. The summed E-state index contributed by atoms with van der Waals surface area (Å²) in [5.74, 6) is -1.53. The van der Waals surface area contributed by atoms with Crippen LogP contribution >= 0.6 is 0 Å². The second-order valence-corrected chi connectivity index (χ2v) is 11.6. The van der Waals surface area contributed by atoms with Crippen molar-refractivity contribution in [3.8, 4) is 0 Å². The first kappa shape index (κ1) is 24.9. The fourth-order valence-corrected chi connectivity index (χ4v) is 6.00. The fraction of sp³-hybridized carbons (Fsp3) is 0.846. The number of hydrogen-bond donors (Lipinski definition) is 0. The third-order valence-corrected chi connectivity index (χ3v) is 8.80. The average molecular weight is 495 g/mol. The van der Waals surface area contributed by atoms with Crippen molar-refractivity contribution in [3.63, 3.8) is 0 Å². The molecular formula is C26H40F2N4O3. The van der Waals surface area contributed by atoms with Crippen molar-refractivity contribution < 1.29 is 22.8 Å².